The largest absolute Gasteiger partial charge is 0.303 e. The molecule has 0 spiro atoms. The zero-order valence-corrected chi connectivity index (χ0v) is 12.5. The Morgan fingerprint density at radius 1 is 1.14 bits per heavy atom. The van der Waals surface area contributed by atoms with Gasteiger partial charge >= 0.3 is 0 Å². The van der Waals surface area contributed by atoms with Crippen molar-refractivity contribution in [3.63, 3.8) is 0 Å². The number of rotatable bonds is 2. The molecule has 1 heterocycles. The Bertz CT molecular complexity index is 662. The maximum Gasteiger partial charge on any atom is 0.130 e. The van der Waals surface area contributed by atoms with E-state index in [-0.39, 0.29) is 11.9 Å². The second-order valence-electron chi connectivity index (χ2n) is 4.99. The summed E-state index contributed by atoms with van der Waals surface area (Å²) in [5.41, 5.74) is 2.26. The Labute approximate surface area is 130 Å². The fraction of sp³-hybridized carbons (Fsp3) is 0.158. The first-order valence-electron chi connectivity index (χ1n) is 7.17. The van der Waals surface area contributed by atoms with Gasteiger partial charge in [0.15, 0.2) is 0 Å². The highest BCUT2D eigenvalue weighted by atomic mass is 19.1. The Hall–Kier alpha value is -2.26. The summed E-state index contributed by atoms with van der Waals surface area (Å²) in [4.78, 5) is 0. The van der Waals surface area contributed by atoms with Gasteiger partial charge in [0, 0.05) is 12.1 Å². The molecule has 22 heavy (non-hydrogen) atoms. The topological polar surface area (TPSA) is 12.0 Å². The van der Waals surface area contributed by atoms with Crippen molar-refractivity contribution >= 4 is 5.57 Å². The molecule has 0 bridgehead atoms. The molecule has 3 rings (SSSR count). The van der Waals surface area contributed by atoms with Gasteiger partial charge < -0.3 is 5.32 Å². The van der Waals surface area contributed by atoms with Crippen LogP contribution in [-0.4, -0.2) is 6.54 Å². The minimum atomic E-state index is -0.416. The lowest BCUT2D eigenvalue weighted by Gasteiger charge is -2.07. The summed E-state index contributed by atoms with van der Waals surface area (Å²) in [6.07, 6.45) is 3.70. The molecule has 1 nitrogen and oxygen atoms in total. The van der Waals surface area contributed by atoms with Crippen LogP contribution in [0.15, 0.2) is 67.3 Å². The molecule has 1 unspecified atom stereocenters. The highest BCUT2D eigenvalue weighted by Gasteiger charge is 2.19. The molecule has 0 radical (unpaired) electrons. The van der Waals surface area contributed by atoms with E-state index in [0.717, 1.165) is 17.2 Å². The predicted octanol–water partition coefficient (Wildman–Crippen LogP) is 4.89. The third-order valence-electron chi connectivity index (χ3n) is 3.31. The zero-order valence-electron chi connectivity index (χ0n) is 12.5. The quantitative estimate of drug-likeness (QED) is 0.779. The Morgan fingerprint density at radius 2 is 1.82 bits per heavy atom. The maximum absolute atomic E-state index is 13.7. The summed E-state index contributed by atoms with van der Waals surface area (Å²) in [5.74, 6) is -0.802. The van der Waals surface area contributed by atoms with Crippen LogP contribution in [0, 0.1) is 11.6 Å². The fourth-order valence-electron chi connectivity index (χ4n) is 2.34. The van der Waals surface area contributed by atoms with Gasteiger partial charge in [-0.1, -0.05) is 42.5 Å². The van der Waals surface area contributed by atoms with Crippen molar-refractivity contribution in [1.82, 2.24) is 5.32 Å². The first-order chi connectivity index (χ1) is 10.7. The Morgan fingerprint density at radius 3 is 2.50 bits per heavy atom. The third-order valence-corrected chi connectivity index (χ3v) is 3.31. The Kier molecular flexibility index (Phi) is 5.61. The molecule has 1 aliphatic rings. The van der Waals surface area contributed by atoms with E-state index in [9.17, 15) is 8.78 Å². The first-order valence-corrected chi connectivity index (χ1v) is 7.17. The molecule has 0 fully saturated rings. The van der Waals surface area contributed by atoms with E-state index in [0.29, 0.717) is 12.1 Å². The van der Waals surface area contributed by atoms with E-state index < -0.39 is 5.82 Å². The predicted molar refractivity (Wildman–Crippen MR) is 87.4 cm³/mol. The van der Waals surface area contributed by atoms with Gasteiger partial charge in [-0.3, -0.25) is 0 Å². The SMILES string of the molecule is C=CC.Fc1ccc(F)c(C2=CC(c3ccccc3)NC2)c1. The summed E-state index contributed by atoms with van der Waals surface area (Å²) < 4.78 is 26.9. The van der Waals surface area contributed by atoms with Crippen LogP contribution in [0.5, 0.6) is 0 Å². The van der Waals surface area contributed by atoms with Crippen molar-refractivity contribution < 1.29 is 8.78 Å². The third kappa shape index (κ3) is 3.89. The Balaban J connectivity index is 0.000000545. The lowest BCUT2D eigenvalue weighted by molar-refractivity contribution is 0.596. The molecule has 3 heteroatoms. The van der Waals surface area contributed by atoms with Gasteiger partial charge in [0.2, 0.25) is 0 Å². The molecule has 1 atom stereocenters. The van der Waals surface area contributed by atoms with Crippen LogP contribution < -0.4 is 5.32 Å². The average molecular weight is 299 g/mol. The van der Waals surface area contributed by atoms with E-state index in [1.165, 1.54) is 12.1 Å². The smallest absolute Gasteiger partial charge is 0.130 e. The summed E-state index contributed by atoms with van der Waals surface area (Å²) in [6.45, 7) is 5.79. The average Bonchev–Trinajstić information content (AvgIpc) is 3.01. The summed E-state index contributed by atoms with van der Waals surface area (Å²) in [6, 6.07) is 13.5. The normalized spacial score (nSPS) is 16.5. The van der Waals surface area contributed by atoms with Crippen LogP contribution in [0.2, 0.25) is 0 Å². The van der Waals surface area contributed by atoms with Crippen LogP contribution in [0.25, 0.3) is 5.57 Å². The van der Waals surface area contributed by atoms with Gasteiger partial charge in [0.1, 0.15) is 11.6 Å². The van der Waals surface area contributed by atoms with Crippen molar-refractivity contribution in [3.05, 3.63) is 90.0 Å². The highest BCUT2D eigenvalue weighted by molar-refractivity contribution is 5.70. The second-order valence-corrected chi connectivity index (χ2v) is 4.99. The van der Waals surface area contributed by atoms with Crippen LogP contribution in [0.3, 0.4) is 0 Å². The molecule has 2 aromatic rings. The molecular weight excluding hydrogens is 280 g/mol. The maximum atomic E-state index is 13.7. The van der Waals surface area contributed by atoms with Crippen molar-refractivity contribution in [1.29, 1.82) is 0 Å². The molecule has 0 amide bonds. The first kappa shape index (κ1) is 16.1. The number of hydrogen-bond acceptors (Lipinski definition) is 1. The summed E-state index contributed by atoms with van der Waals surface area (Å²) in [7, 11) is 0. The molecule has 0 saturated heterocycles. The van der Waals surface area contributed by atoms with Gasteiger partial charge in [-0.05, 0) is 36.3 Å². The van der Waals surface area contributed by atoms with Crippen molar-refractivity contribution in [2.75, 3.05) is 6.54 Å². The van der Waals surface area contributed by atoms with Crippen LogP contribution >= 0.6 is 0 Å². The van der Waals surface area contributed by atoms with Crippen LogP contribution in [0.4, 0.5) is 8.78 Å². The zero-order chi connectivity index (χ0) is 15.9. The number of benzene rings is 2. The van der Waals surface area contributed by atoms with Crippen molar-refractivity contribution in [2.24, 2.45) is 0 Å². The molecule has 1 aliphatic heterocycles. The minimum absolute atomic E-state index is 0.0545. The van der Waals surface area contributed by atoms with E-state index in [1.807, 2.05) is 43.3 Å². The fourth-order valence-corrected chi connectivity index (χ4v) is 2.34. The molecule has 1 N–H and O–H groups in total. The molecule has 0 saturated carbocycles. The lowest BCUT2D eigenvalue weighted by Crippen LogP contribution is -2.14. The molecule has 2 aromatic carbocycles. The lowest BCUT2D eigenvalue weighted by atomic mass is 10.0. The van der Waals surface area contributed by atoms with E-state index in [1.54, 1.807) is 6.08 Å². The number of hydrogen-bond donors (Lipinski definition) is 1. The standard InChI is InChI=1S/C16H13F2N.C3H6/c17-13-6-7-15(18)14(9-13)12-8-16(19-10-12)11-4-2-1-3-5-11;1-3-2/h1-9,16,19H,10H2;3H,1H2,2H3. The van der Waals surface area contributed by atoms with Gasteiger partial charge in [-0.25, -0.2) is 8.78 Å². The molecule has 114 valence electrons. The van der Waals surface area contributed by atoms with Crippen LogP contribution in [0.1, 0.15) is 24.1 Å². The van der Waals surface area contributed by atoms with E-state index >= 15 is 0 Å². The van der Waals surface area contributed by atoms with E-state index in [4.69, 9.17) is 0 Å². The second kappa shape index (κ2) is 7.66. The van der Waals surface area contributed by atoms with Crippen molar-refractivity contribution in [3.8, 4) is 0 Å². The van der Waals surface area contributed by atoms with E-state index in [2.05, 4.69) is 11.9 Å². The molecule has 0 aliphatic carbocycles. The summed E-state index contributed by atoms with van der Waals surface area (Å²) >= 11 is 0. The van der Waals surface area contributed by atoms with Gasteiger partial charge in [0.05, 0.1) is 6.04 Å². The number of halogens is 2. The molecule has 0 aromatic heterocycles. The summed E-state index contributed by atoms with van der Waals surface area (Å²) in [5, 5.41) is 3.29. The van der Waals surface area contributed by atoms with Gasteiger partial charge in [-0.15, -0.1) is 6.58 Å². The van der Waals surface area contributed by atoms with Crippen molar-refractivity contribution in [2.45, 2.75) is 13.0 Å². The van der Waals surface area contributed by atoms with Gasteiger partial charge in [-0.2, -0.15) is 0 Å². The van der Waals surface area contributed by atoms with Crippen LogP contribution in [-0.2, 0) is 0 Å². The molecular formula is C19H19F2N. The monoisotopic (exact) mass is 299 g/mol. The minimum Gasteiger partial charge on any atom is -0.303 e. The number of nitrogens with one attached hydrogen (secondary N) is 1. The van der Waals surface area contributed by atoms with Gasteiger partial charge in [0.25, 0.3) is 0 Å². The number of allylic oxidation sites excluding steroid dienone is 1. The highest BCUT2D eigenvalue weighted by Crippen LogP contribution is 2.28.